The Labute approximate surface area is 171 Å². The minimum absolute atomic E-state index is 0.122. The number of nitro groups is 1. The van der Waals surface area contributed by atoms with Crippen LogP contribution in [0.1, 0.15) is 23.0 Å². The fourth-order valence-electron chi connectivity index (χ4n) is 2.89. The van der Waals surface area contributed by atoms with Crippen LogP contribution in [0.25, 0.3) is 22.5 Å². The number of esters is 1. The molecular weight excluding hydrogens is 425 g/mol. The van der Waals surface area contributed by atoms with Crippen LogP contribution < -0.4 is 0 Å². The van der Waals surface area contributed by atoms with E-state index in [1.54, 1.807) is 0 Å². The molecule has 2 N–H and O–H groups in total. The average molecular weight is 438 g/mol. The summed E-state index contributed by atoms with van der Waals surface area (Å²) in [7, 11) is 0. The first-order valence-corrected chi connectivity index (χ1v) is 8.58. The van der Waals surface area contributed by atoms with Gasteiger partial charge in [-0.05, 0) is 30.7 Å². The molecular formula is C19H13F3N2O7. The van der Waals surface area contributed by atoms with Crippen molar-refractivity contribution in [3.8, 4) is 33.9 Å². The first-order chi connectivity index (χ1) is 14.6. The lowest BCUT2D eigenvalue weighted by atomic mass is 9.98. The van der Waals surface area contributed by atoms with Gasteiger partial charge in [-0.15, -0.1) is 0 Å². The fourth-order valence-corrected chi connectivity index (χ4v) is 2.89. The van der Waals surface area contributed by atoms with Crippen LogP contribution in [0.3, 0.4) is 0 Å². The van der Waals surface area contributed by atoms with Crippen LogP contribution in [0, 0.1) is 10.1 Å². The molecule has 31 heavy (non-hydrogen) atoms. The maximum Gasteiger partial charge on any atom is 0.434 e. The van der Waals surface area contributed by atoms with Crippen molar-refractivity contribution in [1.29, 1.82) is 0 Å². The molecule has 0 atom stereocenters. The van der Waals surface area contributed by atoms with Crippen molar-refractivity contribution in [2.45, 2.75) is 13.1 Å². The summed E-state index contributed by atoms with van der Waals surface area (Å²) in [6, 6.07) is 3.98. The number of alkyl halides is 3. The molecule has 2 heterocycles. The smallest absolute Gasteiger partial charge is 0.434 e. The van der Waals surface area contributed by atoms with Gasteiger partial charge in [0.05, 0.1) is 17.8 Å². The molecule has 0 saturated carbocycles. The van der Waals surface area contributed by atoms with E-state index in [0.29, 0.717) is 0 Å². The Morgan fingerprint density at radius 2 is 2.00 bits per heavy atom. The maximum atomic E-state index is 13.4. The number of aromatic nitrogens is 1. The van der Waals surface area contributed by atoms with Gasteiger partial charge < -0.3 is 19.4 Å². The van der Waals surface area contributed by atoms with Crippen LogP contribution in [0.2, 0.25) is 0 Å². The second-order valence-electron chi connectivity index (χ2n) is 6.09. The molecule has 0 bridgehead atoms. The number of rotatable bonds is 5. The number of ether oxygens (including phenoxy) is 1. The molecule has 0 saturated heterocycles. The van der Waals surface area contributed by atoms with Crippen LogP contribution in [0.5, 0.6) is 11.5 Å². The third-order valence-corrected chi connectivity index (χ3v) is 4.17. The number of furan rings is 1. The first-order valence-electron chi connectivity index (χ1n) is 8.58. The van der Waals surface area contributed by atoms with Crippen LogP contribution >= 0.6 is 0 Å². The van der Waals surface area contributed by atoms with Crippen LogP contribution in [0.4, 0.5) is 18.9 Å². The Balaban J connectivity index is 2.31. The Kier molecular flexibility index (Phi) is 5.56. The Morgan fingerprint density at radius 3 is 2.61 bits per heavy atom. The molecule has 12 heteroatoms. The molecule has 1 aromatic carbocycles. The number of phenolic OH excluding ortho intramolecular Hbond substituents is 2. The zero-order valence-corrected chi connectivity index (χ0v) is 15.6. The lowest BCUT2D eigenvalue weighted by molar-refractivity contribution is -0.385. The summed E-state index contributed by atoms with van der Waals surface area (Å²) in [4.78, 5) is 26.1. The zero-order chi connectivity index (χ0) is 22.9. The van der Waals surface area contributed by atoms with Crippen molar-refractivity contribution in [1.82, 2.24) is 4.98 Å². The number of phenols is 2. The third-order valence-electron chi connectivity index (χ3n) is 4.17. The van der Waals surface area contributed by atoms with Crippen molar-refractivity contribution in [2.75, 3.05) is 6.61 Å². The normalized spacial score (nSPS) is 11.4. The average Bonchev–Trinajstić information content (AvgIpc) is 3.14. The number of carbonyl (C=O) groups excluding carboxylic acids is 1. The van der Waals surface area contributed by atoms with E-state index >= 15 is 0 Å². The van der Waals surface area contributed by atoms with Crippen LogP contribution in [-0.2, 0) is 10.9 Å². The number of carbonyl (C=O) groups is 1. The van der Waals surface area contributed by atoms with E-state index in [-0.39, 0.29) is 17.7 Å². The summed E-state index contributed by atoms with van der Waals surface area (Å²) in [5.41, 5.74) is -3.58. The predicted molar refractivity (Wildman–Crippen MR) is 98.3 cm³/mol. The highest BCUT2D eigenvalue weighted by molar-refractivity contribution is 6.03. The fraction of sp³-hybridized carbons (Fsp3) is 0.158. The molecule has 0 aliphatic carbocycles. The third kappa shape index (κ3) is 3.99. The minimum Gasteiger partial charge on any atom is -0.504 e. The Hall–Kier alpha value is -4.09. The van der Waals surface area contributed by atoms with Crippen molar-refractivity contribution < 1.29 is 42.3 Å². The number of nitro benzene ring substituents is 1. The largest absolute Gasteiger partial charge is 0.504 e. The summed E-state index contributed by atoms with van der Waals surface area (Å²) in [5, 5.41) is 30.7. The van der Waals surface area contributed by atoms with Gasteiger partial charge in [0.2, 0.25) is 5.75 Å². The van der Waals surface area contributed by atoms with Crippen molar-refractivity contribution >= 4 is 11.7 Å². The van der Waals surface area contributed by atoms with Crippen molar-refractivity contribution in [3.63, 3.8) is 0 Å². The molecule has 9 nitrogen and oxygen atoms in total. The number of hydrogen-bond acceptors (Lipinski definition) is 8. The van der Waals surface area contributed by atoms with E-state index in [2.05, 4.69) is 4.98 Å². The SMILES string of the molecule is CCOC(=O)c1c(-c2cc(O)c(O)c([N+](=O)[O-])c2)coc1-c1cccnc1C(F)(F)F. The van der Waals surface area contributed by atoms with E-state index in [1.165, 1.54) is 13.0 Å². The molecule has 0 radical (unpaired) electrons. The van der Waals surface area contributed by atoms with Crippen molar-refractivity contribution in [2.24, 2.45) is 0 Å². The van der Waals surface area contributed by atoms with E-state index in [1.807, 2.05) is 0 Å². The highest BCUT2D eigenvalue weighted by atomic mass is 19.4. The molecule has 0 spiro atoms. The van der Waals surface area contributed by atoms with Gasteiger partial charge in [0.25, 0.3) is 0 Å². The monoisotopic (exact) mass is 438 g/mol. The summed E-state index contributed by atoms with van der Waals surface area (Å²) >= 11 is 0. The lowest BCUT2D eigenvalue weighted by Gasteiger charge is -2.11. The quantitative estimate of drug-likeness (QED) is 0.257. The summed E-state index contributed by atoms with van der Waals surface area (Å²) in [6.45, 7) is 1.35. The summed E-state index contributed by atoms with van der Waals surface area (Å²) < 4.78 is 50.5. The maximum absolute atomic E-state index is 13.4. The zero-order valence-electron chi connectivity index (χ0n) is 15.6. The molecule has 0 aliphatic heterocycles. The summed E-state index contributed by atoms with van der Waals surface area (Å²) in [6.07, 6.45) is -3.06. The highest BCUT2D eigenvalue weighted by Gasteiger charge is 2.38. The van der Waals surface area contributed by atoms with Gasteiger partial charge in [-0.2, -0.15) is 13.2 Å². The lowest BCUT2D eigenvalue weighted by Crippen LogP contribution is -2.11. The van der Waals surface area contributed by atoms with E-state index in [0.717, 1.165) is 30.7 Å². The summed E-state index contributed by atoms with van der Waals surface area (Å²) in [5.74, 6) is -3.47. The molecule has 3 aromatic rings. The van der Waals surface area contributed by atoms with Gasteiger partial charge in [-0.25, -0.2) is 4.79 Å². The second kappa shape index (κ2) is 7.97. The molecule has 2 aromatic heterocycles. The Morgan fingerprint density at radius 1 is 1.29 bits per heavy atom. The van der Waals surface area contributed by atoms with E-state index in [9.17, 15) is 38.3 Å². The molecule has 3 rings (SSSR count). The topological polar surface area (TPSA) is 136 Å². The molecule has 0 unspecified atom stereocenters. The second-order valence-corrected chi connectivity index (χ2v) is 6.09. The number of aromatic hydroxyl groups is 2. The van der Waals surface area contributed by atoms with Crippen LogP contribution in [0.15, 0.2) is 41.1 Å². The van der Waals surface area contributed by atoms with Crippen molar-refractivity contribution in [3.05, 3.63) is 58.1 Å². The number of nitrogens with zero attached hydrogens (tertiary/aromatic N) is 2. The van der Waals surface area contributed by atoms with Gasteiger partial charge in [0.1, 0.15) is 5.56 Å². The van der Waals surface area contributed by atoms with Gasteiger partial charge in [0, 0.05) is 23.4 Å². The molecule has 162 valence electrons. The molecule has 0 amide bonds. The van der Waals surface area contributed by atoms with Crippen LogP contribution in [-0.4, -0.2) is 32.7 Å². The van der Waals surface area contributed by atoms with Gasteiger partial charge >= 0.3 is 17.8 Å². The number of hydrogen-bond donors (Lipinski definition) is 2. The van der Waals surface area contributed by atoms with Gasteiger partial charge in [-0.1, -0.05) is 0 Å². The standard InChI is InChI=1S/C19H13F3N2O7/c1-2-30-18(27)14-11(9-6-12(24(28)29)15(26)13(25)7-9)8-31-16(14)10-4-3-5-23-17(10)19(20,21)22/h3-8,25-26H,2H2,1H3. The van der Waals surface area contributed by atoms with E-state index in [4.69, 9.17) is 9.15 Å². The first kappa shape index (κ1) is 21.6. The molecule has 0 aliphatic rings. The van der Waals surface area contributed by atoms with E-state index < -0.39 is 56.8 Å². The minimum atomic E-state index is -4.87. The molecule has 0 fully saturated rings. The number of pyridine rings is 1. The number of benzene rings is 1. The predicted octanol–water partition coefficient (Wildman–Crippen LogP) is 4.52. The highest BCUT2D eigenvalue weighted by Crippen LogP contribution is 2.44. The Bertz CT molecular complexity index is 1170. The van der Waals surface area contributed by atoms with Gasteiger partial charge in [0.15, 0.2) is 17.2 Å². The van der Waals surface area contributed by atoms with Gasteiger partial charge in [-0.3, -0.25) is 15.1 Å². The number of halogens is 3.